The Hall–Kier alpha value is -3.12. The monoisotopic (exact) mass is 370 g/mol. The molecule has 1 heterocycles. The molecule has 2 amide bonds. The van der Waals surface area contributed by atoms with Gasteiger partial charge >= 0.3 is 5.97 Å². The number of carbonyl (C=O) groups excluding carboxylic acids is 3. The predicted octanol–water partition coefficient (Wildman–Crippen LogP) is 3.22. The zero-order valence-electron chi connectivity index (χ0n) is 14.1. The first-order valence-electron chi connectivity index (χ1n) is 7.73. The number of nitrogens with zero attached hydrogens (tertiary/aromatic N) is 1. The standard InChI is InChI=1S/C19H15ClN2O4/c1-11-5-3-4-6-14(11)21-16-15(20)17(23)22(18(16)24)13-9-7-12(8-10-13)19(25)26-2/h3-10,21H,1-2H3. The van der Waals surface area contributed by atoms with E-state index in [1.807, 2.05) is 25.1 Å². The number of hydrogen-bond donors (Lipinski definition) is 1. The Morgan fingerprint density at radius 1 is 1.04 bits per heavy atom. The Bertz CT molecular complexity index is 935. The largest absolute Gasteiger partial charge is 0.465 e. The topological polar surface area (TPSA) is 75.7 Å². The third-order valence-corrected chi connectivity index (χ3v) is 4.33. The molecule has 2 aromatic carbocycles. The van der Waals surface area contributed by atoms with Crippen molar-refractivity contribution < 1.29 is 19.1 Å². The number of aryl methyl sites for hydroxylation is 1. The van der Waals surface area contributed by atoms with Crippen molar-refractivity contribution in [2.45, 2.75) is 6.92 Å². The molecule has 1 N–H and O–H groups in total. The average molecular weight is 371 g/mol. The highest BCUT2D eigenvalue weighted by Gasteiger charge is 2.39. The van der Waals surface area contributed by atoms with E-state index in [0.29, 0.717) is 16.9 Å². The van der Waals surface area contributed by atoms with Gasteiger partial charge in [0.2, 0.25) is 0 Å². The van der Waals surface area contributed by atoms with Gasteiger partial charge in [0.15, 0.2) is 0 Å². The quantitative estimate of drug-likeness (QED) is 0.660. The van der Waals surface area contributed by atoms with Crippen LogP contribution in [-0.4, -0.2) is 24.9 Å². The van der Waals surface area contributed by atoms with Gasteiger partial charge < -0.3 is 10.1 Å². The number of rotatable bonds is 4. The van der Waals surface area contributed by atoms with Crippen molar-refractivity contribution >= 4 is 40.8 Å². The molecule has 2 aromatic rings. The molecule has 0 fully saturated rings. The molecular weight excluding hydrogens is 356 g/mol. The number of benzene rings is 2. The SMILES string of the molecule is COC(=O)c1ccc(N2C(=O)C(Cl)=C(Nc3ccccc3C)C2=O)cc1. The zero-order valence-corrected chi connectivity index (χ0v) is 14.8. The lowest BCUT2D eigenvalue weighted by atomic mass is 10.2. The minimum absolute atomic E-state index is 0.0167. The number of esters is 1. The summed E-state index contributed by atoms with van der Waals surface area (Å²) < 4.78 is 4.63. The number of hydrogen-bond acceptors (Lipinski definition) is 5. The first-order chi connectivity index (χ1) is 12.4. The smallest absolute Gasteiger partial charge is 0.337 e. The number of para-hydroxylation sites is 1. The Morgan fingerprint density at radius 2 is 1.69 bits per heavy atom. The van der Waals surface area contributed by atoms with Crippen LogP contribution in [-0.2, 0) is 14.3 Å². The van der Waals surface area contributed by atoms with Gasteiger partial charge in [-0.3, -0.25) is 9.59 Å². The molecule has 1 aliphatic rings. The lowest BCUT2D eigenvalue weighted by Crippen LogP contribution is -2.32. The highest BCUT2D eigenvalue weighted by Crippen LogP contribution is 2.30. The first-order valence-corrected chi connectivity index (χ1v) is 8.11. The van der Waals surface area contributed by atoms with Crippen molar-refractivity contribution in [3.8, 4) is 0 Å². The third kappa shape index (κ3) is 3.07. The predicted molar refractivity (Wildman–Crippen MR) is 98.0 cm³/mol. The Morgan fingerprint density at radius 3 is 2.31 bits per heavy atom. The summed E-state index contributed by atoms with van der Waals surface area (Å²) in [5.74, 6) is -1.69. The highest BCUT2D eigenvalue weighted by molar-refractivity contribution is 6.53. The minimum atomic E-state index is -0.626. The molecule has 3 rings (SSSR count). The van der Waals surface area contributed by atoms with Crippen LogP contribution < -0.4 is 10.2 Å². The van der Waals surface area contributed by atoms with Crippen molar-refractivity contribution in [1.29, 1.82) is 0 Å². The van der Waals surface area contributed by atoms with Gasteiger partial charge in [0, 0.05) is 5.69 Å². The van der Waals surface area contributed by atoms with Crippen LogP contribution in [0.5, 0.6) is 0 Å². The summed E-state index contributed by atoms with van der Waals surface area (Å²) in [6.45, 7) is 1.88. The number of nitrogens with one attached hydrogen (secondary N) is 1. The van der Waals surface area contributed by atoms with Crippen molar-refractivity contribution in [3.05, 3.63) is 70.4 Å². The van der Waals surface area contributed by atoms with E-state index >= 15 is 0 Å². The van der Waals surface area contributed by atoms with Crippen LogP contribution >= 0.6 is 11.6 Å². The van der Waals surface area contributed by atoms with Gasteiger partial charge in [-0.15, -0.1) is 0 Å². The van der Waals surface area contributed by atoms with Gasteiger partial charge in [-0.2, -0.15) is 0 Å². The molecule has 0 bridgehead atoms. The summed E-state index contributed by atoms with van der Waals surface area (Å²) in [6, 6.07) is 13.3. The second-order valence-corrected chi connectivity index (χ2v) is 5.99. The maximum atomic E-state index is 12.7. The lowest BCUT2D eigenvalue weighted by molar-refractivity contribution is -0.120. The molecule has 7 heteroatoms. The number of amides is 2. The van der Waals surface area contributed by atoms with Crippen LogP contribution in [0.1, 0.15) is 15.9 Å². The molecule has 132 valence electrons. The number of anilines is 2. The van der Waals surface area contributed by atoms with E-state index in [9.17, 15) is 14.4 Å². The summed E-state index contributed by atoms with van der Waals surface area (Å²) in [4.78, 5) is 37.7. The summed E-state index contributed by atoms with van der Waals surface area (Å²) in [5, 5.41) is 2.75. The number of ether oxygens (including phenoxy) is 1. The van der Waals surface area contributed by atoms with E-state index < -0.39 is 17.8 Å². The summed E-state index contributed by atoms with van der Waals surface area (Å²) in [5.41, 5.74) is 2.23. The minimum Gasteiger partial charge on any atom is -0.465 e. The van der Waals surface area contributed by atoms with Crippen LogP contribution in [0, 0.1) is 6.92 Å². The maximum absolute atomic E-state index is 12.7. The fourth-order valence-electron chi connectivity index (χ4n) is 2.56. The number of halogens is 1. The lowest BCUT2D eigenvalue weighted by Gasteiger charge is -2.15. The van der Waals surface area contributed by atoms with Crippen molar-refractivity contribution in [3.63, 3.8) is 0 Å². The summed E-state index contributed by atoms with van der Waals surface area (Å²) >= 11 is 6.11. The molecular formula is C19H15ClN2O4. The summed E-state index contributed by atoms with van der Waals surface area (Å²) in [6.07, 6.45) is 0. The van der Waals surface area contributed by atoms with Crippen LogP contribution in [0.15, 0.2) is 59.3 Å². The van der Waals surface area contributed by atoms with Gasteiger partial charge in [0.1, 0.15) is 10.7 Å². The van der Waals surface area contributed by atoms with Crippen molar-refractivity contribution in [2.75, 3.05) is 17.3 Å². The molecule has 0 unspecified atom stereocenters. The first kappa shape index (κ1) is 17.7. The fraction of sp³-hybridized carbons (Fsp3) is 0.105. The average Bonchev–Trinajstić information content (AvgIpc) is 2.86. The van der Waals surface area contributed by atoms with E-state index in [2.05, 4.69) is 10.1 Å². The number of carbonyl (C=O) groups is 3. The molecule has 0 aromatic heterocycles. The van der Waals surface area contributed by atoms with Crippen molar-refractivity contribution in [2.24, 2.45) is 0 Å². The Labute approximate surface area is 155 Å². The zero-order chi connectivity index (χ0) is 18.8. The van der Waals surface area contributed by atoms with Crippen LogP contribution in [0.2, 0.25) is 0 Å². The normalized spacial score (nSPS) is 14.0. The second-order valence-electron chi connectivity index (χ2n) is 5.61. The van der Waals surface area contributed by atoms with Gasteiger partial charge in [0.05, 0.1) is 18.4 Å². The van der Waals surface area contributed by atoms with E-state index in [0.717, 1.165) is 10.5 Å². The highest BCUT2D eigenvalue weighted by atomic mass is 35.5. The molecule has 6 nitrogen and oxygen atoms in total. The van der Waals surface area contributed by atoms with Crippen LogP contribution in [0.3, 0.4) is 0 Å². The fourth-order valence-corrected chi connectivity index (χ4v) is 2.77. The van der Waals surface area contributed by atoms with E-state index in [-0.39, 0.29) is 10.7 Å². The molecule has 0 aliphatic carbocycles. The van der Waals surface area contributed by atoms with Crippen LogP contribution in [0.4, 0.5) is 11.4 Å². The van der Waals surface area contributed by atoms with E-state index in [1.54, 1.807) is 6.07 Å². The molecule has 0 spiro atoms. The number of imide groups is 1. The van der Waals surface area contributed by atoms with Gasteiger partial charge in [-0.1, -0.05) is 29.8 Å². The molecule has 1 aliphatic heterocycles. The summed E-state index contributed by atoms with van der Waals surface area (Å²) in [7, 11) is 1.27. The van der Waals surface area contributed by atoms with E-state index in [4.69, 9.17) is 11.6 Å². The van der Waals surface area contributed by atoms with Crippen LogP contribution in [0.25, 0.3) is 0 Å². The molecule has 0 saturated heterocycles. The molecule has 0 radical (unpaired) electrons. The van der Waals surface area contributed by atoms with Gasteiger partial charge in [0.25, 0.3) is 11.8 Å². The van der Waals surface area contributed by atoms with E-state index in [1.165, 1.54) is 31.4 Å². The maximum Gasteiger partial charge on any atom is 0.337 e. The molecule has 26 heavy (non-hydrogen) atoms. The molecule has 0 atom stereocenters. The number of methoxy groups -OCH3 is 1. The molecule has 0 saturated carbocycles. The second kappa shape index (κ2) is 7.01. The van der Waals surface area contributed by atoms with Crippen molar-refractivity contribution in [1.82, 2.24) is 0 Å². The third-order valence-electron chi connectivity index (χ3n) is 3.98. The Balaban J connectivity index is 1.88. The Kier molecular flexibility index (Phi) is 4.77. The van der Waals surface area contributed by atoms with Gasteiger partial charge in [-0.05, 0) is 42.8 Å². The van der Waals surface area contributed by atoms with Gasteiger partial charge in [-0.25, -0.2) is 9.69 Å².